The molecule has 5 heteroatoms. The Morgan fingerprint density at radius 3 is 2.70 bits per heavy atom. The summed E-state index contributed by atoms with van der Waals surface area (Å²) in [6.07, 6.45) is 1.27. The molecule has 0 bridgehead atoms. The molecule has 144 valence electrons. The van der Waals surface area contributed by atoms with E-state index in [4.69, 9.17) is 4.42 Å². The van der Waals surface area contributed by atoms with Gasteiger partial charge in [-0.2, -0.15) is 0 Å². The third-order valence-electron chi connectivity index (χ3n) is 5.41. The van der Waals surface area contributed by atoms with E-state index in [9.17, 15) is 9.59 Å². The average Bonchev–Trinajstić information content (AvgIpc) is 3.25. The van der Waals surface area contributed by atoms with Crippen LogP contribution in [-0.2, 0) is 16.1 Å². The number of hydrogen-bond acceptors (Lipinski definition) is 3. The standard InChI is InChI=1S/C22H28N2O3/c1-5-15(2)19-8-6-7-9-20(19)24-13-17(12-21(24)25)22(26)23(4)14-18-11-10-16(3)27-18/h6-11,15,17H,5,12-14H2,1-4H3. The van der Waals surface area contributed by atoms with E-state index in [-0.39, 0.29) is 24.2 Å². The molecule has 0 saturated carbocycles. The molecule has 5 nitrogen and oxygen atoms in total. The molecule has 0 spiro atoms. The highest BCUT2D eigenvalue weighted by molar-refractivity contribution is 6.00. The van der Waals surface area contributed by atoms with Gasteiger partial charge in [-0.25, -0.2) is 0 Å². The summed E-state index contributed by atoms with van der Waals surface area (Å²) in [5.74, 6) is 1.64. The van der Waals surface area contributed by atoms with Gasteiger partial charge in [-0.15, -0.1) is 0 Å². The summed E-state index contributed by atoms with van der Waals surface area (Å²) >= 11 is 0. The van der Waals surface area contributed by atoms with E-state index in [0.29, 0.717) is 19.0 Å². The summed E-state index contributed by atoms with van der Waals surface area (Å²) in [5.41, 5.74) is 2.11. The van der Waals surface area contributed by atoms with Crippen molar-refractivity contribution in [2.24, 2.45) is 5.92 Å². The SMILES string of the molecule is CCC(C)c1ccccc1N1CC(C(=O)N(C)Cc2ccc(C)o2)CC1=O. The Balaban J connectivity index is 1.73. The van der Waals surface area contributed by atoms with Gasteiger partial charge in [0.05, 0.1) is 12.5 Å². The van der Waals surface area contributed by atoms with Crippen LogP contribution in [0.2, 0.25) is 0 Å². The maximum absolute atomic E-state index is 12.9. The van der Waals surface area contributed by atoms with Gasteiger partial charge < -0.3 is 14.2 Å². The molecule has 1 aromatic carbocycles. The van der Waals surface area contributed by atoms with Gasteiger partial charge in [0.2, 0.25) is 11.8 Å². The number of rotatable bonds is 6. The number of anilines is 1. The molecule has 27 heavy (non-hydrogen) atoms. The number of nitrogens with zero attached hydrogens (tertiary/aromatic N) is 2. The topological polar surface area (TPSA) is 53.8 Å². The van der Waals surface area contributed by atoms with Crippen molar-refractivity contribution in [3.05, 3.63) is 53.5 Å². The van der Waals surface area contributed by atoms with Crippen LogP contribution in [0.5, 0.6) is 0 Å². The maximum atomic E-state index is 12.9. The fourth-order valence-corrected chi connectivity index (χ4v) is 3.67. The Hall–Kier alpha value is -2.56. The lowest BCUT2D eigenvalue weighted by molar-refractivity contribution is -0.135. The Labute approximate surface area is 160 Å². The molecule has 2 unspecified atom stereocenters. The van der Waals surface area contributed by atoms with E-state index in [1.165, 1.54) is 5.56 Å². The van der Waals surface area contributed by atoms with Crippen molar-refractivity contribution in [1.82, 2.24) is 4.90 Å². The Morgan fingerprint density at radius 2 is 2.04 bits per heavy atom. The highest BCUT2D eigenvalue weighted by Crippen LogP contribution is 2.34. The van der Waals surface area contributed by atoms with Crippen LogP contribution in [0, 0.1) is 12.8 Å². The average molecular weight is 368 g/mol. The summed E-state index contributed by atoms with van der Waals surface area (Å²) in [4.78, 5) is 29.0. The van der Waals surface area contributed by atoms with Gasteiger partial charge in [-0.1, -0.05) is 32.0 Å². The van der Waals surface area contributed by atoms with Gasteiger partial charge in [-0.05, 0) is 43.0 Å². The zero-order valence-electron chi connectivity index (χ0n) is 16.6. The van der Waals surface area contributed by atoms with E-state index in [0.717, 1.165) is 23.6 Å². The fourth-order valence-electron chi connectivity index (χ4n) is 3.67. The molecule has 1 saturated heterocycles. The summed E-state index contributed by atoms with van der Waals surface area (Å²) < 4.78 is 5.56. The molecule has 1 aromatic heterocycles. The predicted molar refractivity (Wildman–Crippen MR) is 106 cm³/mol. The molecule has 2 atom stereocenters. The van der Waals surface area contributed by atoms with Crippen LogP contribution in [0.3, 0.4) is 0 Å². The van der Waals surface area contributed by atoms with Crippen molar-refractivity contribution in [1.29, 1.82) is 0 Å². The molecule has 2 amide bonds. The first-order chi connectivity index (χ1) is 12.9. The number of amides is 2. The largest absolute Gasteiger partial charge is 0.464 e. The minimum Gasteiger partial charge on any atom is -0.464 e. The highest BCUT2D eigenvalue weighted by Gasteiger charge is 2.37. The van der Waals surface area contributed by atoms with Crippen LogP contribution in [0.4, 0.5) is 5.69 Å². The summed E-state index contributed by atoms with van der Waals surface area (Å²) in [7, 11) is 1.76. The van der Waals surface area contributed by atoms with Gasteiger partial charge in [0.15, 0.2) is 0 Å². The number of benzene rings is 1. The van der Waals surface area contributed by atoms with Crippen molar-refractivity contribution in [3.8, 4) is 0 Å². The minimum atomic E-state index is -0.316. The fraction of sp³-hybridized carbons (Fsp3) is 0.455. The molecule has 0 radical (unpaired) electrons. The Morgan fingerprint density at radius 1 is 1.30 bits per heavy atom. The quantitative estimate of drug-likeness (QED) is 0.771. The number of carbonyl (C=O) groups is 2. The summed E-state index contributed by atoms with van der Waals surface area (Å²) in [6.45, 7) is 7.05. The van der Waals surface area contributed by atoms with E-state index < -0.39 is 0 Å². The predicted octanol–water partition coefficient (Wildman–Crippen LogP) is 4.11. The zero-order chi connectivity index (χ0) is 19.6. The Bertz CT molecular complexity index is 826. The van der Waals surface area contributed by atoms with Gasteiger partial charge in [0.1, 0.15) is 11.5 Å². The molecule has 1 aliphatic rings. The zero-order valence-corrected chi connectivity index (χ0v) is 16.6. The first-order valence-electron chi connectivity index (χ1n) is 9.60. The lowest BCUT2D eigenvalue weighted by Crippen LogP contribution is -2.34. The van der Waals surface area contributed by atoms with Crippen molar-refractivity contribution in [3.63, 3.8) is 0 Å². The molecule has 2 heterocycles. The molecule has 3 rings (SSSR count). The van der Waals surface area contributed by atoms with E-state index in [1.807, 2.05) is 37.3 Å². The third-order valence-corrected chi connectivity index (χ3v) is 5.41. The minimum absolute atomic E-state index is 0.0130. The molecular formula is C22H28N2O3. The smallest absolute Gasteiger partial charge is 0.228 e. The normalized spacial score (nSPS) is 18.0. The number of furan rings is 1. The lowest BCUT2D eigenvalue weighted by atomic mass is 9.96. The van der Waals surface area contributed by atoms with Gasteiger partial charge in [0.25, 0.3) is 0 Å². The molecule has 0 aliphatic carbocycles. The van der Waals surface area contributed by atoms with Crippen LogP contribution in [-0.4, -0.2) is 30.3 Å². The van der Waals surface area contributed by atoms with E-state index in [1.54, 1.807) is 16.8 Å². The van der Waals surface area contributed by atoms with Crippen molar-refractivity contribution in [2.45, 2.75) is 46.1 Å². The second-order valence-electron chi connectivity index (χ2n) is 7.48. The van der Waals surface area contributed by atoms with Gasteiger partial charge >= 0.3 is 0 Å². The maximum Gasteiger partial charge on any atom is 0.228 e. The van der Waals surface area contributed by atoms with Crippen LogP contribution in [0.15, 0.2) is 40.8 Å². The number of para-hydroxylation sites is 1. The van der Waals surface area contributed by atoms with E-state index >= 15 is 0 Å². The van der Waals surface area contributed by atoms with Crippen LogP contribution in [0.1, 0.15) is 49.7 Å². The lowest BCUT2D eigenvalue weighted by Gasteiger charge is -2.24. The van der Waals surface area contributed by atoms with Crippen molar-refractivity contribution >= 4 is 17.5 Å². The van der Waals surface area contributed by atoms with Crippen LogP contribution < -0.4 is 4.90 Å². The van der Waals surface area contributed by atoms with Crippen LogP contribution >= 0.6 is 0 Å². The van der Waals surface area contributed by atoms with Gasteiger partial charge in [-0.3, -0.25) is 9.59 Å². The number of aryl methyl sites for hydroxylation is 1. The van der Waals surface area contributed by atoms with Gasteiger partial charge in [0, 0.05) is 25.7 Å². The Kier molecular flexibility index (Phi) is 5.68. The first-order valence-corrected chi connectivity index (χ1v) is 9.60. The molecule has 0 N–H and O–H groups in total. The van der Waals surface area contributed by atoms with Crippen molar-refractivity contribution < 1.29 is 14.0 Å². The van der Waals surface area contributed by atoms with Crippen LogP contribution in [0.25, 0.3) is 0 Å². The molecule has 1 fully saturated rings. The van der Waals surface area contributed by atoms with Crippen molar-refractivity contribution in [2.75, 3.05) is 18.5 Å². The number of hydrogen-bond donors (Lipinski definition) is 0. The first kappa shape index (κ1) is 19.2. The summed E-state index contributed by atoms with van der Waals surface area (Å²) in [5, 5.41) is 0. The van der Waals surface area contributed by atoms with E-state index in [2.05, 4.69) is 19.9 Å². The third kappa shape index (κ3) is 4.07. The monoisotopic (exact) mass is 368 g/mol. The second kappa shape index (κ2) is 7.99. The number of carbonyl (C=O) groups excluding carboxylic acids is 2. The second-order valence-corrected chi connectivity index (χ2v) is 7.48. The molecule has 1 aliphatic heterocycles. The highest BCUT2D eigenvalue weighted by atomic mass is 16.3. The summed E-state index contributed by atoms with van der Waals surface area (Å²) in [6, 6.07) is 11.8. The molecule has 2 aromatic rings. The molecular weight excluding hydrogens is 340 g/mol.